The Labute approximate surface area is 128 Å². The number of nitrogens with zero attached hydrogens (tertiary/aromatic N) is 2. The lowest BCUT2D eigenvalue weighted by Gasteiger charge is -2.08. The summed E-state index contributed by atoms with van der Waals surface area (Å²) in [6, 6.07) is 2.09. The number of hydrogen-bond acceptors (Lipinski definition) is 6. The van der Waals surface area contributed by atoms with Gasteiger partial charge in [-0.3, -0.25) is 0 Å². The van der Waals surface area contributed by atoms with Crippen molar-refractivity contribution in [2.75, 3.05) is 31.3 Å². The predicted molar refractivity (Wildman–Crippen MR) is 88.9 cm³/mol. The fourth-order valence-electron chi connectivity index (χ4n) is 1.81. The van der Waals surface area contributed by atoms with Crippen molar-refractivity contribution in [3.8, 4) is 0 Å². The van der Waals surface area contributed by atoms with E-state index in [0.717, 1.165) is 59.4 Å². The van der Waals surface area contributed by atoms with Gasteiger partial charge in [-0.2, -0.15) is 11.8 Å². The zero-order valence-corrected chi connectivity index (χ0v) is 13.6. The summed E-state index contributed by atoms with van der Waals surface area (Å²) in [5.74, 6) is 3.84. The van der Waals surface area contributed by atoms with Crippen LogP contribution in [-0.4, -0.2) is 36.0 Å². The monoisotopic (exact) mass is 311 g/mol. The number of thioether (sulfide) groups is 1. The number of aromatic nitrogens is 2. The van der Waals surface area contributed by atoms with Crippen molar-refractivity contribution in [3.63, 3.8) is 0 Å². The topological polar surface area (TPSA) is 47.0 Å². The Morgan fingerprint density at radius 3 is 3.10 bits per heavy atom. The first kappa shape index (κ1) is 15.5. The Morgan fingerprint density at radius 1 is 1.40 bits per heavy atom. The molecule has 0 spiro atoms. The lowest BCUT2D eigenvalue weighted by Crippen LogP contribution is -2.05. The maximum absolute atomic E-state index is 5.05. The van der Waals surface area contributed by atoms with Gasteiger partial charge < -0.3 is 10.1 Å². The van der Waals surface area contributed by atoms with Gasteiger partial charge in [0.25, 0.3) is 0 Å². The molecule has 2 rings (SSSR count). The largest absolute Gasteiger partial charge is 0.385 e. The van der Waals surface area contributed by atoms with Gasteiger partial charge >= 0.3 is 0 Å². The predicted octanol–water partition coefficient (Wildman–Crippen LogP) is 3.78. The number of anilines is 1. The molecule has 6 heteroatoms. The van der Waals surface area contributed by atoms with E-state index in [2.05, 4.69) is 33.7 Å². The SMILES string of the molecule is CCCNc1nc(CSCCCOC)nc2sccc12. The van der Waals surface area contributed by atoms with E-state index in [1.165, 1.54) is 0 Å². The van der Waals surface area contributed by atoms with Crippen LogP contribution in [0.4, 0.5) is 5.82 Å². The summed E-state index contributed by atoms with van der Waals surface area (Å²) in [5.41, 5.74) is 0. The lowest BCUT2D eigenvalue weighted by molar-refractivity contribution is 0.200. The van der Waals surface area contributed by atoms with E-state index in [-0.39, 0.29) is 0 Å². The fourth-order valence-corrected chi connectivity index (χ4v) is 3.37. The van der Waals surface area contributed by atoms with E-state index in [1.54, 1.807) is 18.4 Å². The van der Waals surface area contributed by atoms with Gasteiger partial charge in [-0.25, -0.2) is 9.97 Å². The Kier molecular flexibility index (Phi) is 6.56. The van der Waals surface area contributed by atoms with Gasteiger partial charge in [0.05, 0.1) is 11.1 Å². The molecule has 2 aromatic heterocycles. The van der Waals surface area contributed by atoms with Crippen LogP contribution in [0.1, 0.15) is 25.6 Å². The Bertz CT molecular complexity index is 530. The van der Waals surface area contributed by atoms with Crippen molar-refractivity contribution >= 4 is 39.1 Å². The third kappa shape index (κ3) is 4.33. The molecule has 0 radical (unpaired) electrons. The first-order valence-corrected chi connectivity index (χ1v) is 8.93. The molecule has 0 aliphatic heterocycles. The van der Waals surface area contributed by atoms with E-state index >= 15 is 0 Å². The van der Waals surface area contributed by atoms with Crippen molar-refractivity contribution in [1.82, 2.24) is 9.97 Å². The summed E-state index contributed by atoms with van der Waals surface area (Å²) in [6.07, 6.45) is 2.17. The van der Waals surface area contributed by atoms with Crippen molar-refractivity contribution < 1.29 is 4.74 Å². The lowest BCUT2D eigenvalue weighted by atomic mass is 10.3. The molecule has 0 aliphatic carbocycles. The Hall–Kier alpha value is -0.850. The average Bonchev–Trinajstić information content (AvgIpc) is 2.93. The van der Waals surface area contributed by atoms with E-state index in [1.807, 2.05) is 11.8 Å². The molecule has 1 N–H and O–H groups in total. The summed E-state index contributed by atoms with van der Waals surface area (Å²) in [4.78, 5) is 10.4. The van der Waals surface area contributed by atoms with Crippen LogP contribution in [0.25, 0.3) is 10.2 Å². The quantitative estimate of drug-likeness (QED) is 0.714. The average molecular weight is 311 g/mol. The summed E-state index contributed by atoms with van der Waals surface area (Å²) < 4.78 is 5.05. The van der Waals surface area contributed by atoms with Gasteiger partial charge in [0.1, 0.15) is 16.5 Å². The number of nitrogens with one attached hydrogen (secondary N) is 1. The smallest absolute Gasteiger partial charge is 0.142 e. The highest BCUT2D eigenvalue weighted by molar-refractivity contribution is 7.98. The molecule has 0 amide bonds. The van der Waals surface area contributed by atoms with Crippen LogP contribution in [0.15, 0.2) is 11.4 Å². The number of rotatable bonds is 9. The van der Waals surface area contributed by atoms with Gasteiger partial charge in [-0.05, 0) is 30.0 Å². The normalized spacial score (nSPS) is 11.1. The molecule has 0 aliphatic rings. The number of ether oxygens (including phenoxy) is 1. The van der Waals surface area contributed by atoms with Crippen LogP contribution >= 0.6 is 23.1 Å². The second-order valence-electron chi connectivity index (χ2n) is 4.45. The van der Waals surface area contributed by atoms with Gasteiger partial charge in [0.15, 0.2) is 0 Å². The molecule has 0 saturated carbocycles. The molecular weight excluding hydrogens is 290 g/mol. The minimum absolute atomic E-state index is 0.821. The zero-order valence-electron chi connectivity index (χ0n) is 12.0. The van der Waals surface area contributed by atoms with Crippen LogP contribution in [0.3, 0.4) is 0 Å². The van der Waals surface area contributed by atoms with E-state index < -0.39 is 0 Å². The molecular formula is C14H21N3OS2. The highest BCUT2D eigenvalue weighted by Crippen LogP contribution is 2.26. The number of thiophene rings is 1. The maximum Gasteiger partial charge on any atom is 0.142 e. The van der Waals surface area contributed by atoms with Gasteiger partial charge in [-0.1, -0.05) is 6.92 Å². The molecule has 0 fully saturated rings. The first-order valence-electron chi connectivity index (χ1n) is 6.89. The fraction of sp³-hybridized carbons (Fsp3) is 0.571. The highest BCUT2D eigenvalue weighted by Gasteiger charge is 2.08. The molecule has 0 bridgehead atoms. The van der Waals surface area contributed by atoms with E-state index in [4.69, 9.17) is 4.74 Å². The second kappa shape index (κ2) is 8.44. The van der Waals surface area contributed by atoms with Crippen molar-refractivity contribution in [1.29, 1.82) is 0 Å². The third-order valence-electron chi connectivity index (χ3n) is 2.78. The Balaban J connectivity index is 2.01. The second-order valence-corrected chi connectivity index (χ2v) is 6.45. The van der Waals surface area contributed by atoms with Gasteiger partial charge in [0, 0.05) is 20.3 Å². The van der Waals surface area contributed by atoms with Crippen molar-refractivity contribution in [2.24, 2.45) is 0 Å². The van der Waals surface area contributed by atoms with Crippen LogP contribution in [-0.2, 0) is 10.5 Å². The molecule has 0 unspecified atom stereocenters. The standard InChI is InChI=1S/C14H21N3OS2/c1-3-6-15-13-11-5-9-20-14(11)17-12(16-13)10-19-8-4-7-18-2/h5,9H,3-4,6-8,10H2,1-2H3,(H,15,16,17). The molecule has 0 aromatic carbocycles. The molecule has 2 heterocycles. The van der Waals surface area contributed by atoms with Crippen LogP contribution in [0.2, 0.25) is 0 Å². The molecule has 110 valence electrons. The van der Waals surface area contributed by atoms with E-state index in [0.29, 0.717) is 0 Å². The summed E-state index contributed by atoms with van der Waals surface area (Å²) in [7, 11) is 1.74. The van der Waals surface area contributed by atoms with E-state index in [9.17, 15) is 0 Å². The molecule has 0 atom stereocenters. The van der Waals surface area contributed by atoms with Gasteiger partial charge in [-0.15, -0.1) is 11.3 Å². The summed E-state index contributed by atoms with van der Waals surface area (Å²) in [6.45, 7) is 3.93. The van der Waals surface area contributed by atoms with Crippen LogP contribution in [0.5, 0.6) is 0 Å². The minimum atomic E-state index is 0.821. The first-order chi connectivity index (χ1) is 9.85. The summed E-state index contributed by atoms with van der Waals surface area (Å²) in [5, 5.41) is 6.61. The third-order valence-corrected chi connectivity index (χ3v) is 4.63. The van der Waals surface area contributed by atoms with Crippen LogP contribution < -0.4 is 5.32 Å². The molecule has 2 aromatic rings. The number of fused-ring (bicyclic) bond motifs is 1. The highest BCUT2D eigenvalue weighted by atomic mass is 32.2. The molecule has 4 nitrogen and oxygen atoms in total. The van der Waals surface area contributed by atoms with Crippen molar-refractivity contribution in [3.05, 3.63) is 17.3 Å². The van der Waals surface area contributed by atoms with Gasteiger partial charge in [0.2, 0.25) is 0 Å². The number of hydrogen-bond donors (Lipinski definition) is 1. The Morgan fingerprint density at radius 2 is 2.30 bits per heavy atom. The molecule has 0 saturated heterocycles. The van der Waals surface area contributed by atoms with Crippen molar-refractivity contribution in [2.45, 2.75) is 25.5 Å². The maximum atomic E-state index is 5.05. The van der Waals surface area contributed by atoms with Crippen LogP contribution in [0, 0.1) is 0 Å². The minimum Gasteiger partial charge on any atom is -0.385 e. The summed E-state index contributed by atoms with van der Waals surface area (Å²) >= 11 is 3.54. The zero-order chi connectivity index (χ0) is 14.2. The number of methoxy groups -OCH3 is 1. The molecule has 20 heavy (non-hydrogen) atoms.